The molecule has 0 aliphatic heterocycles. The molecule has 122 valence electrons. The minimum absolute atomic E-state index is 0.150. The smallest absolute Gasteiger partial charge is 0.229 e. The first-order valence-electron chi connectivity index (χ1n) is 7.72. The zero-order valence-electron chi connectivity index (χ0n) is 13.0. The third kappa shape index (κ3) is 3.24. The van der Waals surface area contributed by atoms with Crippen molar-refractivity contribution in [2.45, 2.75) is 38.1 Å². The number of nitrogens with one attached hydrogen (secondary N) is 1. The van der Waals surface area contributed by atoms with Crippen molar-refractivity contribution in [3.8, 4) is 5.69 Å². The van der Waals surface area contributed by atoms with Crippen molar-refractivity contribution < 1.29 is 9.18 Å². The van der Waals surface area contributed by atoms with Gasteiger partial charge in [-0.15, -0.1) is 0 Å². The van der Waals surface area contributed by atoms with Crippen LogP contribution in [-0.4, -0.2) is 26.2 Å². The normalized spacial score (nSPS) is 24.4. The topological polar surface area (TPSA) is 85.8 Å². The molecule has 7 heteroatoms. The average molecular weight is 317 g/mol. The number of hydrogen-bond acceptors (Lipinski definition) is 4. The molecule has 1 fully saturated rings. The van der Waals surface area contributed by atoms with Crippen LogP contribution >= 0.6 is 0 Å². The van der Waals surface area contributed by atoms with Crippen molar-refractivity contribution in [1.82, 2.24) is 14.8 Å². The SMILES string of the molecule is CC1(N)CCCCC1C(=O)Nc1ccc(-n2cncn2)c(F)c1. The maximum absolute atomic E-state index is 14.2. The van der Waals surface area contributed by atoms with Gasteiger partial charge < -0.3 is 11.1 Å². The van der Waals surface area contributed by atoms with E-state index in [0.717, 1.165) is 25.7 Å². The molecule has 23 heavy (non-hydrogen) atoms. The van der Waals surface area contributed by atoms with E-state index in [0.29, 0.717) is 5.69 Å². The van der Waals surface area contributed by atoms with E-state index in [1.807, 2.05) is 6.92 Å². The molecule has 0 saturated heterocycles. The van der Waals surface area contributed by atoms with Crippen LogP contribution in [0.2, 0.25) is 0 Å². The second-order valence-corrected chi connectivity index (χ2v) is 6.30. The van der Waals surface area contributed by atoms with Gasteiger partial charge >= 0.3 is 0 Å². The summed E-state index contributed by atoms with van der Waals surface area (Å²) < 4.78 is 15.5. The number of nitrogens with two attached hydrogens (primary N) is 1. The van der Waals surface area contributed by atoms with Crippen LogP contribution in [0.5, 0.6) is 0 Å². The first kappa shape index (κ1) is 15.6. The molecule has 0 spiro atoms. The Morgan fingerprint density at radius 2 is 2.30 bits per heavy atom. The number of carbonyl (C=O) groups excluding carboxylic acids is 1. The molecule has 1 saturated carbocycles. The Bertz CT molecular complexity index is 699. The molecule has 2 atom stereocenters. The molecule has 3 N–H and O–H groups in total. The van der Waals surface area contributed by atoms with Gasteiger partial charge in [0.15, 0.2) is 5.82 Å². The maximum atomic E-state index is 14.2. The third-order valence-corrected chi connectivity index (χ3v) is 4.45. The molecular formula is C16H20FN5O. The Hall–Kier alpha value is -2.28. The number of amides is 1. The van der Waals surface area contributed by atoms with Gasteiger partial charge in [0.2, 0.25) is 5.91 Å². The standard InChI is InChI=1S/C16H20FN5O/c1-16(18)7-3-2-4-12(16)15(23)21-11-5-6-14(13(17)8-11)22-10-19-9-20-22/h5-6,8-10,12H,2-4,7,18H2,1H3,(H,21,23). The molecule has 0 bridgehead atoms. The Kier molecular flexibility index (Phi) is 4.12. The zero-order valence-corrected chi connectivity index (χ0v) is 13.0. The Balaban J connectivity index is 1.75. The summed E-state index contributed by atoms with van der Waals surface area (Å²) >= 11 is 0. The van der Waals surface area contributed by atoms with Gasteiger partial charge in [-0.3, -0.25) is 4.79 Å². The van der Waals surface area contributed by atoms with E-state index in [-0.39, 0.29) is 17.5 Å². The maximum Gasteiger partial charge on any atom is 0.229 e. The van der Waals surface area contributed by atoms with E-state index < -0.39 is 11.4 Å². The molecule has 1 aromatic heterocycles. The van der Waals surface area contributed by atoms with Gasteiger partial charge in [-0.1, -0.05) is 12.8 Å². The van der Waals surface area contributed by atoms with Gasteiger partial charge in [-0.25, -0.2) is 14.1 Å². The van der Waals surface area contributed by atoms with Crippen LogP contribution in [0.3, 0.4) is 0 Å². The predicted octanol–water partition coefficient (Wildman–Crippen LogP) is 2.25. The first-order valence-corrected chi connectivity index (χ1v) is 7.72. The third-order valence-electron chi connectivity index (χ3n) is 4.45. The van der Waals surface area contributed by atoms with E-state index >= 15 is 0 Å². The van der Waals surface area contributed by atoms with Crippen molar-refractivity contribution in [2.24, 2.45) is 11.7 Å². The summed E-state index contributed by atoms with van der Waals surface area (Å²) in [7, 11) is 0. The monoisotopic (exact) mass is 317 g/mol. The summed E-state index contributed by atoms with van der Waals surface area (Å²) in [6.45, 7) is 1.91. The lowest BCUT2D eigenvalue weighted by molar-refractivity contribution is -0.122. The minimum Gasteiger partial charge on any atom is -0.326 e. The summed E-state index contributed by atoms with van der Waals surface area (Å²) in [4.78, 5) is 16.3. The Morgan fingerprint density at radius 3 is 2.96 bits per heavy atom. The van der Waals surface area contributed by atoms with E-state index in [1.54, 1.807) is 12.1 Å². The van der Waals surface area contributed by atoms with Gasteiger partial charge in [0.25, 0.3) is 0 Å². The molecular weight excluding hydrogens is 297 g/mol. The molecule has 1 amide bonds. The lowest BCUT2D eigenvalue weighted by Gasteiger charge is -2.37. The molecule has 1 aliphatic carbocycles. The van der Waals surface area contributed by atoms with E-state index in [4.69, 9.17) is 5.73 Å². The second kappa shape index (κ2) is 6.08. The van der Waals surface area contributed by atoms with Gasteiger partial charge in [0.05, 0.1) is 5.92 Å². The number of rotatable bonds is 3. The molecule has 3 rings (SSSR count). The van der Waals surface area contributed by atoms with Crippen LogP contribution < -0.4 is 11.1 Å². The average Bonchev–Trinajstić information content (AvgIpc) is 3.00. The minimum atomic E-state index is -0.512. The number of aromatic nitrogens is 3. The van der Waals surface area contributed by atoms with Gasteiger partial charge in [-0.2, -0.15) is 5.10 Å². The molecule has 6 nitrogen and oxygen atoms in total. The number of nitrogens with zero attached hydrogens (tertiary/aromatic N) is 3. The van der Waals surface area contributed by atoms with Crippen LogP contribution in [0.4, 0.5) is 10.1 Å². The van der Waals surface area contributed by atoms with Crippen molar-refractivity contribution in [1.29, 1.82) is 0 Å². The summed E-state index contributed by atoms with van der Waals surface area (Å²) in [6, 6.07) is 4.49. The van der Waals surface area contributed by atoms with E-state index in [9.17, 15) is 9.18 Å². The molecule has 2 unspecified atom stereocenters. The van der Waals surface area contributed by atoms with Crippen LogP contribution in [-0.2, 0) is 4.79 Å². The highest BCUT2D eigenvalue weighted by Gasteiger charge is 2.37. The Labute approximate surface area is 133 Å². The van der Waals surface area contributed by atoms with E-state index in [2.05, 4.69) is 15.4 Å². The summed E-state index contributed by atoms with van der Waals surface area (Å²) in [6.07, 6.45) is 6.37. The number of halogens is 1. The van der Waals surface area contributed by atoms with Crippen molar-refractivity contribution in [3.63, 3.8) is 0 Å². The van der Waals surface area contributed by atoms with Crippen LogP contribution in [0.15, 0.2) is 30.9 Å². The fourth-order valence-electron chi connectivity index (χ4n) is 3.12. The highest BCUT2D eigenvalue weighted by Crippen LogP contribution is 2.32. The van der Waals surface area contributed by atoms with Crippen LogP contribution in [0.1, 0.15) is 32.6 Å². The molecule has 1 aromatic carbocycles. The van der Waals surface area contributed by atoms with Crippen molar-refractivity contribution in [2.75, 3.05) is 5.32 Å². The summed E-state index contributed by atoms with van der Waals surface area (Å²) in [5.74, 6) is -0.885. The number of hydrogen-bond donors (Lipinski definition) is 2. The molecule has 0 radical (unpaired) electrons. The Morgan fingerprint density at radius 1 is 1.48 bits per heavy atom. The summed E-state index contributed by atoms with van der Waals surface area (Å²) in [5, 5.41) is 6.67. The van der Waals surface area contributed by atoms with Crippen molar-refractivity contribution in [3.05, 3.63) is 36.7 Å². The lowest BCUT2D eigenvalue weighted by atomic mass is 9.74. The van der Waals surface area contributed by atoms with Crippen LogP contribution in [0.25, 0.3) is 5.69 Å². The lowest BCUT2D eigenvalue weighted by Crippen LogP contribution is -2.51. The number of benzene rings is 1. The number of anilines is 1. The quantitative estimate of drug-likeness (QED) is 0.909. The predicted molar refractivity (Wildman–Crippen MR) is 84.5 cm³/mol. The molecule has 2 aromatic rings. The fourth-order valence-corrected chi connectivity index (χ4v) is 3.12. The largest absolute Gasteiger partial charge is 0.326 e. The van der Waals surface area contributed by atoms with E-state index in [1.165, 1.54) is 23.4 Å². The zero-order chi connectivity index (χ0) is 16.4. The first-order chi connectivity index (χ1) is 11.0. The highest BCUT2D eigenvalue weighted by molar-refractivity contribution is 5.93. The van der Waals surface area contributed by atoms with Crippen molar-refractivity contribution >= 4 is 11.6 Å². The van der Waals surface area contributed by atoms with Gasteiger partial charge in [0, 0.05) is 11.2 Å². The molecule has 1 aliphatic rings. The molecule has 1 heterocycles. The van der Waals surface area contributed by atoms with Gasteiger partial charge in [0.1, 0.15) is 18.3 Å². The highest BCUT2D eigenvalue weighted by atomic mass is 19.1. The summed E-state index contributed by atoms with van der Waals surface area (Å²) in [5.41, 5.74) is 6.42. The number of carbonyl (C=O) groups is 1. The van der Waals surface area contributed by atoms with Crippen LogP contribution in [0, 0.1) is 11.7 Å². The fraction of sp³-hybridized carbons (Fsp3) is 0.438. The van der Waals surface area contributed by atoms with Gasteiger partial charge in [-0.05, 0) is 38.0 Å². The second-order valence-electron chi connectivity index (χ2n) is 6.30.